The molecule has 2 aliphatic rings. The lowest BCUT2D eigenvalue weighted by atomic mass is 9.95. The highest BCUT2D eigenvalue weighted by Gasteiger charge is 2.36. The Labute approximate surface area is 193 Å². The minimum atomic E-state index is -0.415. The Morgan fingerprint density at radius 1 is 1.09 bits per heavy atom. The van der Waals surface area contributed by atoms with Gasteiger partial charge in [0.2, 0.25) is 5.91 Å². The van der Waals surface area contributed by atoms with E-state index >= 15 is 0 Å². The van der Waals surface area contributed by atoms with Gasteiger partial charge in [-0.05, 0) is 75.2 Å². The summed E-state index contributed by atoms with van der Waals surface area (Å²) in [7, 11) is 0. The van der Waals surface area contributed by atoms with Crippen molar-refractivity contribution < 1.29 is 14.4 Å². The van der Waals surface area contributed by atoms with Crippen LogP contribution in [0.25, 0.3) is 6.08 Å². The molecule has 32 heavy (non-hydrogen) atoms. The molecule has 7 heteroatoms. The molecule has 1 aromatic heterocycles. The number of nitrogens with one attached hydrogen (secondary N) is 1. The van der Waals surface area contributed by atoms with Crippen molar-refractivity contribution in [2.24, 2.45) is 0 Å². The number of benzene rings is 1. The van der Waals surface area contributed by atoms with Crippen LogP contribution in [0.5, 0.6) is 0 Å². The lowest BCUT2D eigenvalue weighted by Crippen LogP contribution is -2.36. The molecule has 1 aliphatic carbocycles. The lowest BCUT2D eigenvalue weighted by Gasteiger charge is -2.26. The number of hydrogen-bond acceptors (Lipinski definition) is 4. The van der Waals surface area contributed by atoms with Crippen molar-refractivity contribution in [1.29, 1.82) is 0 Å². The van der Waals surface area contributed by atoms with Crippen LogP contribution in [0.3, 0.4) is 0 Å². The summed E-state index contributed by atoms with van der Waals surface area (Å²) >= 11 is 0.896. The summed E-state index contributed by atoms with van der Waals surface area (Å²) in [5.74, 6) is -0.811. The first-order chi connectivity index (χ1) is 15.3. The molecule has 6 nitrogen and oxygen atoms in total. The van der Waals surface area contributed by atoms with E-state index in [0.717, 1.165) is 33.5 Å². The lowest BCUT2D eigenvalue weighted by molar-refractivity contribution is -0.127. The highest BCUT2D eigenvalue weighted by atomic mass is 32.2. The van der Waals surface area contributed by atoms with E-state index in [4.69, 9.17) is 0 Å². The van der Waals surface area contributed by atoms with Gasteiger partial charge in [-0.15, -0.1) is 0 Å². The highest BCUT2D eigenvalue weighted by molar-refractivity contribution is 8.18. The van der Waals surface area contributed by atoms with Gasteiger partial charge in [0.25, 0.3) is 11.1 Å². The van der Waals surface area contributed by atoms with E-state index in [2.05, 4.69) is 29.8 Å². The molecule has 0 radical (unpaired) electrons. The molecule has 2 aromatic rings. The molecule has 0 bridgehead atoms. The Morgan fingerprint density at radius 2 is 1.78 bits per heavy atom. The van der Waals surface area contributed by atoms with E-state index in [0.29, 0.717) is 16.6 Å². The van der Waals surface area contributed by atoms with Crippen molar-refractivity contribution in [3.63, 3.8) is 0 Å². The molecular weight excluding hydrogens is 422 g/mol. The fourth-order valence-corrected chi connectivity index (χ4v) is 5.44. The van der Waals surface area contributed by atoms with Gasteiger partial charge < -0.3 is 9.88 Å². The Bertz CT molecular complexity index is 1080. The quantitative estimate of drug-likeness (QED) is 0.601. The molecule has 2 fully saturated rings. The SMILES string of the molecule is Cc1ccc(NC(=O)CN2C(=O)S/C(=C\c3cc(C)n(C4CCCCC4)c3C)C2=O)cc1. The van der Waals surface area contributed by atoms with Gasteiger partial charge in [0.15, 0.2) is 0 Å². The van der Waals surface area contributed by atoms with Crippen LogP contribution in [0, 0.1) is 20.8 Å². The number of carbonyl (C=O) groups is 3. The maximum Gasteiger partial charge on any atom is 0.294 e. The summed E-state index contributed by atoms with van der Waals surface area (Å²) in [6.45, 7) is 5.84. The summed E-state index contributed by atoms with van der Waals surface area (Å²) < 4.78 is 2.38. The van der Waals surface area contributed by atoms with Gasteiger partial charge in [0, 0.05) is 23.1 Å². The third-order valence-electron chi connectivity index (χ3n) is 6.26. The third kappa shape index (κ3) is 4.67. The van der Waals surface area contributed by atoms with Gasteiger partial charge in [-0.1, -0.05) is 37.0 Å². The first kappa shape index (κ1) is 22.4. The minimum absolute atomic E-state index is 0.295. The highest BCUT2D eigenvalue weighted by Crippen LogP contribution is 2.36. The van der Waals surface area contributed by atoms with Crippen LogP contribution in [-0.2, 0) is 9.59 Å². The van der Waals surface area contributed by atoms with Crippen LogP contribution in [-0.4, -0.2) is 33.1 Å². The van der Waals surface area contributed by atoms with Crippen LogP contribution in [0.1, 0.15) is 60.7 Å². The Hall–Kier alpha value is -2.80. The Balaban J connectivity index is 1.47. The zero-order valence-electron chi connectivity index (χ0n) is 18.8. The molecule has 168 valence electrons. The molecule has 2 heterocycles. The number of aromatic nitrogens is 1. The second-order valence-corrected chi connectivity index (χ2v) is 9.66. The number of thioether (sulfide) groups is 1. The fraction of sp³-hybridized carbons (Fsp3) is 0.400. The van der Waals surface area contributed by atoms with Crippen LogP contribution < -0.4 is 5.32 Å². The Morgan fingerprint density at radius 3 is 2.47 bits per heavy atom. The predicted molar refractivity (Wildman–Crippen MR) is 129 cm³/mol. The monoisotopic (exact) mass is 451 g/mol. The molecule has 1 aromatic carbocycles. The third-order valence-corrected chi connectivity index (χ3v) is 7.17. The van der Waals surface area contributed by atoms with Gasteiger partial charge in [-0.25, -0.2) is 0 Å². The number of aryl methyl sites for hydroxylation is 2. The number of hydrogen-bond donors (Lipinski definition) is 1. The van der Waals surface area contributed by atoms with Crippen molar-refractivity contribution in [3.05, 3.63) is 57.8 Å². The van der Waals surface area contributed by atoms with Gasteiger partial charge >= 0.3 is 0 Å². The van der Waals surface area contributed by atoms with E-state index in [1.54, 1.807) is 18.2 Å². The maximum atomic E-state index is 12.9. The van der Waals surface area contributed by atoms with Crippen LogP contribution in [0.15, 0.2) is 35.2 Å². The number of carbonyl (C=O) groups excluding carboxylic acids is 3. The number of anilines is 1. The molecule has 0 unspecified atom stereocenters. The van der Waals surface area contributed by atoms with E-state index in [1.807, 2.05) is 19.1 Å². The van der Waals surface area contributed by atoms with E-state index in [1.165, 1.54) is 37.8 Å². The molecule has 1 saturated carbocycles. The normalized spacial score (nSPS) is 18.6. The summed E-state index contributed by atoms with van der Waals surface area (Å²) in [5, 5.41) is 2.33. The van der Waals surface area contributed by atoms with Crippen LogP contribution in [0.2, 0.25) is 0 Å². The molecule has 1 aliphatic heterocycles. The number of imide groups is 1. The molecule has 4 rings (SSSR count). The molecule has 3 amide bonds. The standard InChI is InChI=1S/C25H29N3O3S/c1-16-9-11-20(12-10-16)26-23(29)15-27-24(30)22(32-25(27)31)14-19-13-17(2)28(18(19)3)21-7-5-4-6-8-21/h9-14,21H,4-8,15H2,1-3H3,(H,26,29)/b22-14-. The fourth-order valence-electron chi connectivity index (χ4n) is 4.61. The number of nitrogens with zero attached hydrogens (tertiary/aromatic N) is 2. The van der Waals surface area contributed by atoms with Gasteiger partial charge in [0.1, 0.15) is 6.54 Å². The van der Waals surface area contributed by atoms with Gasteiger partial charge in [-0.3, -0.25) is 19.3 Å². The summed E-state index contributed by atoms with van der Waals surface area (Å²) in [6, 6.07) is 9.96. The van der Waals surface area contributed by atoms with Crippen molar-refractivity contribution in [3.8, 4) is 0 Å². The van der Waals surface area contributed by atoms with Crippen LogP contribution in [0.4, 0.5) is 10.5 Å². The second-order valence-electron chi connectivity index (χ2n) is 8.67. The van der Waals surface area contributed by atoms with Gasteiger partial charge in [-0.2, -0.15) is 0 Å². The second kappa shape index (κ2) is 9.36. The average molecular weight is 452 g/mol. The zero-order chi connectivity index (χ0) is 22.8. The number of amides is 3. The number of rotatable bonds is 5. The summed E-state index contributed by atoms with van der Waals surface area (Å²) in [5.41, 5.74) is 4.98. The van der Waals surface area contributed by atoms with E-state index in [9.17, 15) is 14.4 Å². The first-order valence-corrected chi connectivity index (χ1v) is 12.0. The van der Waals surface area contributed by atoms with Crippen molar-refractivity contribution in [2.75, 3.05) is 11.9 Å². The molecule has 0 spiro atoms. The Kier molecular flexibility index (Phi) is 6.55. The smallest absolute Gasteiger partial charge is 0.294 e. The van der Waals surface area contributed by atoms with E-state index in [-0.39, 0.29) is 6.54 Å². The van der Waals surface area contributed by atoms with E-state index < -0.39 is 17.1 Å². The minimum Gasteiger partial charge on any atom is -0.346 e. The molecule has 1 saturated heterocycles. The summed E-state index contributed by atoms with van der Waals surface area (Å²) in [6.07, 6.45) is 7.96. The van der Waals surface area contributed by atoms with Gasteiger partial charge in [0.05, 0.1) is 4.91 Å². The molecular formula is C25H29N3O3S. The topological polar surface area (TPSA) is 71.4 Å². The maximum absolute atomic E-state index is 12.9. The molecule has 1 N–H and O–H groups in total. The predicted octanol–water partition coefficient (Wildman–Crippen LogP) is 5.59. The first-order valence-electron chi connectivity index (χ1n) is 11.1. The van der Waals surface area contributed by atoms with Crippen molar-refractivity contribution in [1.82, 2.24) is 9.47 Å². The largest absolute Gasteiger partial charge is 0.346 e. The average Bonchev–Trinajstić information content (AvgIpc) is 3.19. The van der Waals surface area contributed by atoms with Crippen molar-refractivity contribution >= 4 is 40.6 Å². The molecule has 0 atom stereocenters. The summed E-state index contributed by atoms with van der Waals surface area (Å²) in [4.78, 5) is 39.1. The zero-order valence-corrected chi connectivity index (χ0v) is 19.6. The van der Waals surface area contributed by atoms with Crippen molar-refractivity contribution in [2.45, 2.75) is 58.9 Å². The van der Waals surface area contributed by atoms with Crippen LogP contribution >= 0.6 is 11.8 Å².